The van der Waals surface area contributed by atoms with E-state index in [1.807, 2.05) is 16.3 Å². The average Bonchev–Trinajstić information content (AvgIpc) is 3.37. The number of halogens is 1. The molecular formula is C21H18FNO2S2. The number of amides is 1. The fourth-order valence-electron chi connectivity index (χ4n) is 3.48. The number of nitrogens with zero attached hydrogens (tertiary/aromatic N) is 1. The van der Waals surface area contributed by atoms with Crippen LogP contribution in [-0.2, 0) is 11.2 Å². The van der Waals surface area contributed by atoms with E-state index in [4.69, 9.17) is 0 Å². The fourth-order valence-corrected chi connectivity index (χ4v) is 5.24. The molecule has 0 spiro atoms. The minimum Gasteiger partial charge on any atom is -0.330 e. The second kappa shape index (κ2) is 7.74. The highest BCUT2D eigenvalue weighted by molar-refractivity contribution is 7.10. The van der Waals surface area contributed by atoms with Crippen LogP contribution < -0.4 is 0 Å². The van der Waals surface area contributed by atoms with Crippen molar-refractivity contribution in [3.63, 3.8) is 0 Å². The van der Waals surface area contributed by atoms with Crippen molar-refractivity contribution in [2.24, 2.45) is 0 Å². The zero-order valence-electron chi connectivity index (χ0n) is 14.6. The Hall–Kier alpha value is -2.31. The summed E-state index contributed by atoms with van der Waals surface area (Å²) < 4.78 is 13.0. The van der Waals surface area contributed by atoms with Crippen molar-refractivity contribution < 1.29 is 14.0 Å². The normalized spacial score (nSPS) is 16.2. The van der Waals surface area contributed by atoms with Crippen LogP contribution in [0.4, 0.5) is 4.39 Å². The number of ketones is 1. The Labute approximate surface area is 165 Å². The molecular weight excluding hydrogens is 381 g/mol. The van der Waals surface area contributed by atoms with Crippen molar-refractivity contribution in [3.05, 3.63) is 79.9 Å². The van der Waals surface area contributed by atoms with Gasteiger partial charge in [-0.1, -0.05) is 6.07 Å². The maximum atomic E-state index is 13.0. The molecule has 3 heterocycles. The van der Waals surface area contributed by atoms with Gasteiger partial charge < -0.3 is 4.90 Å². The van der Waals surface area contributed by atoms with Gasteiger partial charge >= 0.3 is 0 Å². The summed E-state index contributed by atoms with van der Waals surface area (Å²) in [7, 11) is 0. The third kappa shape index (κ3) is 3.73. The molecule has 27 heavy (non-hydrogen) atoms. The third-order valence-corrected chi connectivity index (χ3v) is 6.75. The van der Waals surface area contributed by atoms with Crippen molar-refractivity contribution in [3.8, 4) is 0 Å². The summed E-state index contributed by atoms with van der Waals surface area (Å²) in [5.74, 6) is -0.522. The lowest BCUT2D eigenvalue weighted by Gasteiger charge is -2.35. The van der Waals surface area contributed by atoms with Gasteiger partial charge in [0.2, 0.25) is 5.91 Å². The molecule has 1 atom stereocenters. The molecule has 1 amide bonds. The van der Waals surface area contributed by atoms with Crippen LogP contribution in [0.1, 0.15) is 44.6 Å². The summed E-state index contributed by atoms with van der Waals surface area (Å²) in [5.41, 5.74) is 1.64. The van der Waals surface area contributed by atoms with Crippen molar-refractivity contribution in [1.29, 1.82) is 0 Å². The van der Waals surface area contributed by atoms with Crippen LogP contribution in [0, 0.1) is 5.82 Å². The summed E-state index contributed by atoms with van der Waals surface area (Å²) in [6.45, 7) is 0.666. The standard InChI is InChI=1S/C21H18FNO2S2/c22-15-5-3-14(4-6-15)17(24)7-8-20(25)23-11-9-18-16(10-13-27-18)21(23)19-2-1-12-26-19/h1-6,10,12-13,21H,7-9,11H2/t21-/m1/s1. The maximum absolute atomic E-state index is 13.0. The van der Waals surface area contributed by atoms with E-state index >= 15 is 0 Å². The predicted molar refractivity (Wildman–Crippen MR) is 106 cm³/mol. The van der Waals surface area contributed by atoms with Gasteiger partial charge in [-0.15, -0.1) is 22.7 Å². The van der Waals surface area contributed by atoms with Crippen molar-refractivity contribution in [2.75, 3.05) is 6.54 Å². The fraction of sp³-hybridized carbons (Fsp3) is 0.238. The molecule has 1 aliphatic heterocycles. The van der Waals surface area contributed by atoms with E-state index in [1.54, 1.807) is 22.7 Å². The Morgan fingerprint density at radius 1 is 1.04 bits per heavy atom. The second-order valence-electron chi connectivity index (χ2n) is 6.48. The Kier molecular flexibility index (Phi) is 5.18. The topological polar surface area (TPSA) is 37.4 Å². The highest BCUT2D eigenvalue weighted by Gasteiger charge is 2.33. The number of Topliss-reactive ketones (excluding diaryl/α,β-unsaturated/α-hetero) is 1. The first kappa shape index (κ1) is 18.1. The quantitative estimate of drug-likeness (QED) is 0.561. The Morgan fingerprint density at radius 2 is 1.85 bits per heavy atom. The first-order valence-electron chi connectivity index (χ1n) is 8.81. The van der Waals surface area contributed by atoms with Crippen LogP contribution in [0.25, 0.3) is 0 Å². The van der Waals surface area contributed by atoms with Gasteiger partial charge in [0.15, 0.2) is 5.78 Å². The van der Waals surface area contributed by atoms with E-state index in [1.165, 1.54) is 34.7 Å². The summed E-state index contributed by atoms with van der Waals surface area (Å²) in [6.07, 6.45) is 1.15. The highest BCUT2D eigenvalue weighted by atomic mass is 32.1. The zero-order valence-corrected chi connectivity index (χ0v) is 16.2. The van der Waals surface area contributed by atoms with Gasteiger partial charge in [0, 0.05) is 34.7 Å². The van der Waals surface area contributed by atoms with Crippen molar-refractivity contribution in [1.82, 2.24) is 4.90 Å². The Balaban J connectivity index is 1.49. The summed E-state index contributed by atoms with van der Waals surface area (Å²) in [6, 6.07) is 11.6. The molecule has 0 bridgehead atoms. The van der Waals surface area contributed by atoms with E-state index in [2.05, 4.69) is 17.5 Å². The summed E-state index contributed by atoms with van der Waals surface area (Å²) >= 11 is 3.39. The molecule has 4 rings (SSSR count). The Morgan fingerprint density at radius 3 is 2.59 bits per heavy atom. The molecule has 0 fully saturated rings. The summed E-state index contributed by atoms with van der Waals surface area (Å²) in [5, 5.41) is 4.11. The van der Waals surface area contributed by atoms with Gasteiger partial charge in [0.25, 0.3) is 0 Å². The smallest absolute Gasteiger partial charge is 0.223 e. The van der Waals surface area contributed by atoms with E-state index in [0.29, 0.717) is 12.1 Å². The second-order valence-corrected chi connectivity index (χ2v) is 8.46. The van der Waals surface area contributed by atoms with Crippen LogP contribution in [0.15, 0.2) is 53.2 Å². The lowest BCUT2D eigenvalue weighted by Crippen LogP contribution is -2.39. The van der Waals surface area contributed by atoms with Crippen LogP contribution in [0.2, 0.25) is 0 Å². The molecule has 0 unspecified atom stereocenters. The van der Waals surface area contributed by atoms with E-state index < -0.39 is 0 Å². The number of hydrogen-bond acceptors (Lipinski definition) is 4. The molecule has 3 nitrogen and oxygen atoms in total. The lowest BCUT2D eigenvalue weighted by molar-refractivity contribution is -0.133. The van der Waals surface area contributed by atoms with E-state index in [0.717, 1.165) is 11.3 Å². The molecule has 2 aromatic heterocycles. The first-order valence-corrected chi connectivity index (χ1v) is 10.6. The van der Waals surface area contributed by atoms with Crippen LogP contribution in [-0.4, -0.2) is 23.1 Å². The van der Waals surface area contributed by atoms with Crippen molar-refractivity contribution in [2.45, 2.75) is 25.3 Å². The van der Waals surface area contributed by atoms with E-state index in [-0.39, 0.29) is 36.4 Å². The highest BCUT2D eigenvalue weighted by Crippen LogP contribution is 2.39. The van der Waals surface area contributed by atoms with E-state index in [9.17, 15) is 14.0 Å². The number of carbonyl (C=O) groups excluding carboxylic acids is 2. The monoisotopic (exact) mass is 399 g/mol. The number of thiophene rings is 2. The van der Waals surface area contributed by atoms with Crippen LogP contribution in [0.5, 0.6) is 0 Å². The van der Waals surface area contributed by atoms with Gasteiger partial charge in [0.05, 0.1) is 6.04 Å². The minimum absolute atomic E-state index is 0.0132. The summed E-state index contributed by atoms with van der Waals surface area (Å²) in [4.78, 5) is 29.6. The molecule has 1 aromatic carbocycles. The lowest BCUT2D eigenvalue weighted by atomic mass is 9.97. The number of benzene rings is 1. The van der Waals surface area contributed by atoms with Gasteiger partial charge in [-0.25, -0.2) is 4.39 Å². The minimum atomic E-state index is -0.374. The Bertz CT molecular complexity index is 947. The number of hydrogen-bond donors (Lipinski definition) is 0. The first-order chi connectivity index (χ1) is 13.1. The van der Waals surface area contributed by atoms with Crippen molar-refractivity contribution >= 4 is 34.4 Å². The molecule has 0 N–H and O–H groups in total. The van der Waals surface area contributed by atoms with Gasteiger partial charge in [-0.2, -0.15) is 0 Å². The molecule has 1 aliphatic rings. The molecule has 6 heteroatoms. The molecule has 0 saturated carbocycles. The van der Waals surface area contributed by atoms with Crippen LogP contribution in [0.3, 0.4) is 0 Å². The molecule has 3 aromatic rings. The number of rotatable bonds is 5. The zero-order chi connectivity index (χ0) is 18.8. The predicted octanol–water partition coefficient (Wildman–Crippen LogP) is 5.09. The largest absolute Gasteiger partial charge is 0.330 e. The SMILES string of the molecule is O=C(CCC(=O)N1CCc2sccc2[C@@H]1c1cccs1)c1ccc(F)cc1. The van der Waals surface area contributed by atoms with Crippen LogP contribution >= 0.6 is 22.7 Å². The van der Waals surface area contributed by atoms with Gasteiger partial charge in [-0.05, 0) is 59.1 Å². The average molecular weight is 400 g/mol. The van der Waals surface area contributed by atoms with Gasteiger partial charge in [0.1, 0.15) is 5.82 Å². The molecule has 0 radical (unpaired) electrons. The maximum Gasteiger partial charge on any atom is 0.223 e. The molecule has 0 saturated heterocycles. The van der Waals surface area contributed by atoms with Gasteiger partial charge in [-0.3, -0.25) is 9.59 Å². The number of carbonyl (C=O) groups is 2. The third-order valence-electron chi connectivity index (χ3n) is 4.83. The number of fused-ring (bicyclic) bond motifs is 1. The molecule has 0 aliphatic carbocycles. The molecule has 138 valence electrons.